The van der Waals surface area contributed by atoms with Crippen molar-refractivity contribution in [2.24, 2.45) is 0 Å². The van der Waals surface area contributed by atoms with E-state index in [0.29, 0.717) is 28.1 Å². The number of benzene rings is 1. The Hall–Kier alpha value is -2.80. The van der Waals surface area contributed by atoms with Crippen LogP contribution in [0.25, 0.3) is 11.3 Å². The van der Waals surface area contributed by atoms with Crippen LogP contribution in [-0.2, 0) is 5.54 Å². The lowest BCUT2D eigenvalue weighted by Gasteiger charge is -2.18. The molecule has 1 aromatic carbocycles. The fourth-order valence-electron chi connectivity index (χ4n) is 2.56. The van der Waals surface area contributed by atoms with Crippen molar-refractivity contribution in [3.63, 3.8) is 0 Å². The summed E-state index contributed by atoms with van der Waals surface area (Å²) in [4.78, 5) is 20.5. The number of halogens is 2. The van der Waals surface area contributed by atoms with Crippen LogP contribution in [0.4, 0.5) is 10.1 Å². The predicted molar refractivity (Wildman–Crippen MR) is 102 cm³/mol. The molecule has 0 unspecified atom stereocenters. The first-order valence-corrected chi connectivity index (χ1v) is 8.68. The highest BCUT2D eigenvalue weighted by Crippen LogP contribution is 2.29. The summed E-state index contributed by atoms with van der Waals surface area (Å²) in [7, 11) is 0. The van der Waals surface area contributed by atoms with Crippen LogP contribution in [0.3, 0.4) is 0 Å². The van der Waals surface area contributed by atoms with E-state index in [1.54, 1.807) is 23.9 Å². The molecule has 0 bridgehead atoms. The van der Waals surface area contributed by atoms with Crippen LogP contribution in [0.2, 0.25) is 5.28 Å². The second kappa shape index (κ2) is 7.08. The zero-order valence-electron chi connectivity index (χ0n) is 15.4. The number of rotatable bonds is 3. The second-order valence-electron chi connectivity index (χ2n) is 7.14. The van der Waals surface area contributed by atoms with Gasteiger partial charge in [0.2, 0.25) is 5.28 Å². The Balaban J connectivity index is 1.93. The average molecular weight is 388 g/mol. The molecule has 0 fully saturated rings. The lowest BCUT2D eigenvalue weighted by molar-refractivity contribution is 0.102. The molecule has 0 atom stereocenters. The molecule has 2 aromatic heterocycles. The van der Waals surface area contributed by atoms with Crippen LogP contribution in [0.15, 0.2) is 36.8 Å². The average Bonchev–Trinajstić information content (AvgIpc) is 3.08. The second-order valence-corrected chi connectivity index (χ2v) is 7.47. The molecule has 1 amide bonds. The lowest BCUT2D eigenvalue weighted by atomic mass is 10.0. The number of carbonyl (C=O) groups is 1. The van der Waals surface area contributed by atoms with E-state index in [1.165, 1.54) is 24.5 Å². The van der Waals surface area contributed by atoms with E-state index in [1.807, 2.05) is 20.8 Å². The number of aromatic nitrogens is 4. The summed E-state index contributed by atoms with van der Waals surface area (Å²) in [5.74, 6) is -0.864. The van der Waals surface area contributed by atoms with Gasteiger partial charge in [0.15, 0.2) is 0 Å². The molecule has 2 heterocycles. The van der Waals surface area contributed by atoms with Crippen molar-refractivity contribution in [2.45, 2.75) is 33.2 Å². The lowest BCUT2D eigenvalue weighted by Crippen LogP contribution is -2.22. The molecule has 3 aromatic rings. The zero-order valence-corrected chi connectivity index (χ0v) is 16.2. The van der Waals surface area contributed by atoms with Gasteiger partial charge in [-0.15, -0.1) is 0 Å². The minimum Gasteiger partial charge on any atom is -0.322 e. The van der Waals surface area contributed by atoms with Gasteiger partial charge in [-0.3, -0.25) is 9.48 Å². The molecule has 0 aliphatic carbocycles. The third-order valence-electron chi connectivity index (χ3n) is 4.05. The fourth-order valence-corrected chi connectivity index (χ4v) is 2.71. The van der Waals surface area contributed by atoms with E-state index in [4.69, 9.17) is 11.6 Å². The van der Waals surface area contributed by atoms with Crippen molar-refractivity contribution in [2.75, 3.05) is 5.32 Å². The molecule has 3 rings (SSSR count). The highest BCUT2D eigenvalue weighted by atomic mass is 35.5. The molecule has 140 valence electrons. The number of nitrogens with zero attached hydrogens (tertiary/aromatic N) is 4. The standard InChI is InChI=1S/C19H19ClFN5O/c1-11-14(15-5-6-22-18(20)25-15)7-13(21)8-16(11)24-17(27)12-9-23-26(10-12)19(2,3)4/h5-10H,1-4H3,(H,24,27). The van der Waals surface area contributed by atoms with E-state index in [0.717, 1.165) is 0 Å². The smallest absolute Gasteiger partial charge is 0.258 e. The topological polar surface area (TPSA) is 72.7 Å². The van der Waals surface area contributed by atoms with E-state index in [9.17, 15) is 9.18 Å². The molecular weight excluding hydrogens is 369 g/mol. The molecule has 0 aliphatic heterocycles. The monoisotopic (exact) mass is 387 g/mol. The van der Waals surface area contributed by atoms with Gasteiger partial charge in [-0.2, -0.15) is 5.10 Å². The van der Waals surface area contributed by atoms with Gasteiger partial charge in [-0.25, -0.2) is 14.4 Å². The van der Waals surface area contributed by atoms with Crippen LogP contribution in [-0.4, -0.2) is 25.7 Å². The number of anilines is 1. The van der Waals surface area contributed by atoms with Gasteiger partial charge in [0, 0.05) is 23.6 Å². The van der Waals surface area contributed by atoms with Crippen LogP contribution < -0.4 is 5.32 Å². The van der Waals surface area contributed by atoms with Gasteiger partial charge in [0.05, 0.1) is 23.0 Å². The van der Waals surface area contributed by atoms with Crippen molar-refractivity contribution in [1.29, 1.82) is 0 Å². The van der Waals surface area contributed by atoms with E-state index >= 15 is 0 Å². The van der Waals surface area contributed by atoms with Crippen molar-refractivity contribution in [3.8, 4) is 11.3 Å². The summed E-state index contributed by atoms with van der Waals surface area (Å²) in [6.07, 6.45) is 4.64. The Morgan fingerprint density at radius 1 is 1.30 bits per heavy atom. The van der Waals surface area contributed by atoms with Gasteiger partial charge >= 0.3 is 0 Å². The van der Waals surface area contributed by atoms with Crippen molar-refractivity contribution < 1.29 is 9.18 Å². The van der Waals surface area contributed by atoms with Crippen LogP contribution in [0.1, 0.15) is 36.7 Å². The van der Waals surface area contributed by atoms with Crippen LogP contribution >= 0.6 is 11.6 Å². The number of amides is 1. The summed E-state index contributed by atoms with van der Waals surface area (Å²) in [5, 5.41) is 7.03. The van der Waals surface area contributed by atoms with Crippen LogP contribution in [0.5, 0.6) is 0 Å². The maximum atomic E-state index is 14.2. The first kappa shape index (κ1) is 19.0. The molecule has 8 heteroatoms. The number of hydrogen-bond donors (Lipinski definition) is 1. The maximum absolute atomic E-state index is 14.2. The van der Waals surface area contributed by atoms with E-state index in [-0.39, 0.29) is 16.7 Å². The number of nitrogens with one attached hydrogen (secondary N) is 1. The van der Waals surface area contributed by atoms with Gasteiger partial charge in [-0.1, -0.05) is 0 Å². The Labute approximate surface area is 161 Å². The van der Waals surface area contributed by atoms with Crippen molar-refractivity contribution in [3.05, 3.63) is 59.0 Å². The van der Waals surface area contributed by atoms with Crippen molar-refractivity contribution >= 4 is 23.2 Å². The number of hydrogen-bond acceptors (Lipinski definition) is 4. The minimum atomic E-state index is -0.494. The normalized spacial score (nSPS) is 11.5. The fraction of sp³-hybridized carbons (Fsp3) is 0.263. The van der Waals surface area contributed by atoms with Crippen LogP contribution in [0, 0.1) is 12.7 Å². The largest absolute Gasteiger partial charge is 0.322 e. The Bertz CT molecular complexity index is 1010. The summed E-state index contributed by atoms with van der Waals surface area (Å²) in [6.45, 7) is 7.73. The van der Waals surface area contributed by atoms with Gasteiger partial charge < -0.3 is 5.32 Å². The molecule has 0 spiro atoms. The maximum Gasteiger partial charge on any atom is 0.258 e. The third kappa shape index (κ3) is 4.14. The summed E-state index contributed by atoms with van der Waals surface area (Å²) in [6, 6.07) is 4.25. The predicted octanol–water partition coefficient (Wildman–Crippen LogP) is 4.45. The SMILES string of the molecule is Cc1c(NC(=O)c2cnn(C(C)(C)C)c2)cc(F)cc1-c1ccnc(Cl)n1. The van der Waals surface area contributed by atoms with Crippen molar-refractivity contribution in [1.82, 2.24) is 19.7 Å². The Kier molecular flexibility index (Phi) is 4.97. The Morgan fingerprint density at radius 2 is 2.04 bits per heavy atom. The first-order chi connectivity index (χ1) is 12.6. The molecule has 0 saturated heterocycles. The zero-order chi connectivity index (χ0) is 19.8. The van der Waals surface area contributed by atoms with Gasteiger partial charge in [0.1, 0.15) is 5.82 Å². The summed E-state index contributed by atoms with van der Waals surface area (Å²) < 4.78 is 15.9. The number of carbonyl (C=O) groups excluding carboxylic acids is 1. The molecule has 1 N–H and O–H groups in total. The van der Waals surface area contributed by atoms with E-state index in [2.05, 4.69) is 20.4 Å². The third-order valence-corrected chi connectivity index (χ3v) is 4.24. The molecule has 0 saturated carbocycles. The molecular formula is C19H19ClFN5O. The first-order valence-electron chi connectivity index (χ1n) is 8.31. The van der Waals surface area contributed by atoms with Gasteiger partial charge in [-0.05, 0) is 63.1 Å². The minimum absolute atomic E-state index is 0.0661. The summed E-state index contributed by atoms with van der Waals surface area (Å²) >= 11 is 5.84. The Morgan fingerprint density at radius 3 is 2.67 bits per heavy atom. The van der Waals surface area contributed by atoms with E-state index < -0.39 is 5.82 Å². The highest BCUT2D eigenvalue weighted by molar-refractivity contribution is 6.28. The molecule has 27 heavy (non-hydrogen) atoms. The molecule has 0 aliphatic rings. The quantitative estimate of drug-likeness (QED) is 0.674. The molecule has 6 nitrogen and oxygen atoms in total. The summed E-state index contributed by atoms with van der Waals surface area (Å²) in [5.41, 5.74) is 2.17. The highest BCUT2D eigenvalue weighted by Gasteiger charge is 2.18. The molecule has 0 radical (unpaired) electrons. The van der Waals surface area contributed by atoms with Gasteiger partial charge in [0.25, 0.3) is 5.91 Å².